The van der Waals surface area contributed by atoms with Crippen LogP contribution in [0.3, 0.4) is 0 Å². The molecule has 0 amide bonds. The number of hydrogen-bond acceptors (Lipinski definition) is 3. The topological polar surface area (TPSA) is 44.0 Å². The molecule has 0 aliphatic heterocycles. The van der Waals surface area contributed by atoms with Gasteiger partial charge in [0.05, 0.1) is 18.1 Å². The molecular weight excluding hydrogens is 242 g/mol. The second-order valence-corrected chi connectivity index (χ2v) is 6.28. The van der Waals surface area contributed by atoms with Gasteiger partial charge >= 0.3 is 0 Å². The zero-order valence-electron chi connectivity index (χ0n) is 11.1. The van der Waals surface area contributed by atoms with E-state index in [4.69, 9.17) is 10.4 Å². The van der Waals surface area contributed by atoms with Crippen LogP contribution in [0.5, 0.6) is 0 Å². The lowest BCUT2D eigenvalue weighted by molar-refractivity contribution is 0.281. The van der Waals surface area contributed by atoms with Crippen LogP contribution in [-0.2, 0) is 6.61 Å². The summed E-state index contributed by atoms with van der Waals surface area (Å²) >= 11 is 1.81. The maximum absolute atomic E-state index is 9.05. The highest BCUT2D eigenvalue weighted by Crippen LogP contribution is 2.24. The average Bonchev–Trinajstić information content (AvgIpc) is 2.38. The lowest BCUT2D eigenvalue weighted by atomic mass is 9.89. The predicted molar refractivity (Wildman–Crippen MR) is 76.3 cm³/mol. The van der Waals surface area contributed by atoms with Crippen LogP contribution in [0.2, 0.25) is 0 Å². The van der Waals surface area contributed by atoms with Gasteiger partial charge in [0.1, 0.15) is 0 Å². The summed E-state index contributed by atoms with van der Waals surface area (Å²) in [6.07, 6.45) is 3.17. The number of thioether (sulfide) groups is 1. The van der Waals surface area contributed by atoms with E-state index in [2.05, 4.69) is 12.1 Å². The van der Waals surface area contributed by atoms with Crippen molar-refractivity contribution in [3.05, 3.63) is 29.8 Å². The quantitative estimate of drug-likeness (QED) is 0.597. The molecule has 0 aliphatic rings. The molecule has 0 saturated heterocycles. The Morgan fingerprint density at radius 1 is 1.33 bits per heavy atom. The van der Waals surface area contributed by atoms with Crippen LogP contribution in [0.15, 0.2) is 29.2 Å². The fourth-order valence-corrected chi connectivity index (χ4v) is 2.64. The molecule has 0 spiro atoms. The molecule has 3 heteroatoms. The van der Waals surface area contributed by atoms with Gasteiger partial charge in [-0.2, -0.15) is 5.26 Å². The summed E-state index contributed by atoms with van der Waals surface area (Å²) in [7, 11) is 0. The van der Waals surface area contributed by atoms with E-state index in [1.807, 2.05) is 43.8 Å². The zero-order chi connectivity index (χ0) is 13.4. The Balaban J connectivity index is 2.24. The minimum absolute atomic E-state index is 0.102. The molecule has 0 radical (unpaired) electrons. The molecule has 0 unspecified atom stereocenters. The fourth-order valence-electron chi connectivity index (χ4n) is 1.65. The Hall–Kier alpha value is -0.980. The molecule has 18 heavy (non-hydrogen) atoms. The van der Waals surface area contributed by atoms with E-state index in [-0.39, 0.29) is 12.0 Å². The van der Waals surface area contributed by atoms with E-state index in [1.54, 1.807) is 0 Å². The van der Waals surface area contributed by atoms with Crippen molar-refractivity contribution in [1.29, 1.82) is 5.26 Å². The summed E-state index contributed by atoms with van der Waals surface area (Å²) in [5, 5.41) is 18.0. The third-order valence-corrected chi connectivity index (χ3v) is 3.93. The van der Waals surface area contributed by atoms with E-state index >= 15 is 0 Å². The molecule has 1 N–H and O–H groups in total. The molecule has 0 fully saturated rings. The van der Waals surface area contributed by atoms with Crippen LogP contribution in [0.4, 0.5) is 0 Å². The van der Waals surface area contributed by atoms with E-state index in [1.165, 1.54) is 4.90 Å². The number of unbranched alkanes of at least 4 members (excludes halogenated alkanes) is 1. The summed E-state index contributed by atoms with van der Waals surface area (Å²) in [5.41, 5.74) is 0.771. The first-order chi connectivity index (χ1) is 8.57. The summed E-state index contributed by atoms with van der Waals surface area (Å²) in [5.74, 6) is 1.07. The van der Waals surface area contributed by atoms with E-state index in [0.29, 0.717) is 0 Å². The van der Waals surface area contributed by atoms with Crippen LogP contribution >= 0.6 is 11.8 Å². The number of nitrogens with zero attached hydrogens (tertiary/aromatic N) is 1. The van der Waals surface area contributed by atoms with Gasteiger partial charge in [0.15, 0.2) is 0 Å². The minimum Gasteiger partial charge on any atom is -0.392 e. The number of aliphatic hydroxyl groups is 1. The molecule has 0 bridgehead atoms. The maximum atomic E-state index is 9.05. The third kappa shape index (κ3) is 5.57. The monoisotopic (exact) mass is 263 g/mol. The summed E-state index contributed by atoms with van der Waals surface area (Å²) in [6.45, 7) is 4.08. The number of rotatable bonds is 7. The molecule has 1 rings (SSSR count). The van der Waals surface area contributed by atoms with Crippen LogP contribution in [-0.4, -0.2) is 10.9 Å². The van der Waals surface area contributed by atoms with Crippen molar-refractivity contribution in [3.63, 3.8) is 0 Å². The Kier molecular flexibility index (Phi) is 6.24. The summed E-state index contributed by atoms with van der Waals surface area (Å²) in [6, 6.07) is 10.3. The van der Waals surface area contributed by atoms with Crippen molar-refractivity contribution in [1.82, 2.24) is 0 Å². The Bertz CT molecular complexity index is 409. The van der Waals surface area contributed by atoms with Crippen molar-refractivity contribution < 1.29 is 5.11 Å². The van der Waals surface area contributed by atoms with Gasteiger partial charge in [-0.05, 0) is 50.1 Å². The van der Waals surface area contributed by atoms with E-state index in [9.17, 15) is 0 Å². The highest BCUT2D eigenvalue weighted by Gasteiger charge is 2.15. The lowest BCUT2D eigenvalue weighted by Gasteiger charge is -2.14. The van der Waals surface area contributed by atoms with Crippen LogP contribution in [0.25, 0.3) is 0 Å². The first-order valence-electron chi connectivity index (χ1n) is 6.31. The Morgan fingerprint density at radius 2 is 2.11 bits per heavy atom. The maximum Gasteiger partial charge on any atom is 0.0683 e. The van der Waals surface area contributed by atoms with Crippen molar-refractivity contribution >= 4 is 11.8 Å². The largest absolute Gasteiger partial charge is 0.392 e. The molecule has 0 atom stereocenters. The van der Waals surface area contributed by atoms with Gasteiger partial charge in [0.25, 0.3) is 0 Å². The molecule has 0 saturated carbocycles. The zero-order valence-corrected chi connectivity index (χ0v) is 12.0. The SMILES string of the molecule is CC(C)(C#N)CCCCSc1cccc(CO)c1. The van der Waals surface area contributed by atoms with E-state index < -0.39 is 0 Å². The number of benzene rings is 1. The van der Waals surface area contributed by atoms with E-state index in [0.717, 1.165) is 30.6 Å². The van der Waals surface area contributed by atoms with Gasteiger partial charge in [0.2, 0.25) is 0 Å². The normalized spacial score (nSPS) is 11.2. The van der Waals surface area contributed by atoms with Gasteiger partial charge in [0, 0.05) is 4.90 Å². The second-order valence-electron chi connectivity index (χ2n) is 5.11. The van der Waals surface area contributed by atoms with Crippen molar-refractivity contribution in [3.8, 4) is 6.07 Å². The summed E-state index contributed by atoms with van der Waals surface area (Å²) < 4.78 is 0. The molecule has 0 aliphatic carbocycles. The van der Waals surface area contributed by atoms with Crippen molar-refractivity contribution in [2.75, 3.05) is 5.75 Å². The standard InChI is InChI=1S/C15H21NOS/c1-15(2,12-16)8-3-4-9-18-14-7-5-6-13(10-14)11-17/h5-7,10,17H,3-4,8-9,11H2,1-2H3. The lowest BCUT2D eigenvalue weighted by Crippen LogP contribution is -2.07. The molecule has 1 aromatic carbocycles. The third-order valence-electron chi connectivity index (χ3n) is 2.85. The van der Waals surface area contributed by atoms with Gasteiger partial charge in [-0.25, -0.2) is 0 Å². The van der Waals surface area contributed by atoms with Crippen LogP contribution in [0, 0.1) is 16.7 Å². The number of nitriles is 1. The Labute approximate surface area is 114 Å². The average molecular weight is 263 g/mol. The van der Waals surface area contributed by atoms with Gasteiger partial charge < -0.3 is 5.11 Å². The molecule has 2 nitrogen and oxygen atoms in total. The highest BCUT2D eigenvalue weighted by atomic mass is 32.2. The molecule has 1 aromatic rings. The van der Waals surface area contributed by atoms with Crippen molar-refractivity contribution in [2.24, 2.45) is 5.41 Å². The minimum atomic E-state index is -0.193. The molecule has 0 aromatic heterocycles. The van der Waals surface area contributed by atoms with Crippen molar-refractivity contribution in [2.45, 2.75) is 44.6 Å². The molecule has 0 heterocycles. The smallest absolute Gasteiger partial charge is 0.0683 e. The highest BCUT2D eigenvalue weighted by molar-refractivity contribution is 7.99. The number of hydrogen-bond donors (Lipinski definition) is 1. The van der Waals surface area contributed by atoms with Gasteiger partial charge in [-0.15, -0.1) is 11.8 Å². The molecular formula is C15H21NOS. The molecule has 98 valence electrons. The first kappa shape index (κ1) is 15.1. The first-order valence-corrected chi connectivity index (χ1v) is 7.30. The Morgan fingerprint density at radius 3 is 2.78 bits per heavy atom. The predicted octanol–water partition coefficient (Wildman–Crippen LogP) is 3.99. The van der Waals surface area contributed by atoms with Crippen LogP contribution in [0.1, 0.15) is 38.7 Å². The second kappa shape index (κ2) is 7.45. The van der Waals surface area contributed by atoms with Gasteiger partial charge in [-0.1, -0.05) is 18.6 Å². The number of aliphatic hydroxyl groups excluding tert-OH is 1. The van der Waals surface area contributed by atoms with Crippen LogP contribution < -0.4 is 0 Å². The summed E-state index contributed by atoms with van der Waals surface area (Å²) in [4.78, 5) is 1.21. The fraction of sp³-hybridized carbons (Fsp3) is 0.533. The van der Waals surface area contributed by atoms with Gasteiger partial charge in [-0.3, -0.25) is 0 Å².